The number of benzene rings is 1. The Kier molecular flexibility index (Phi) is 5.90. The molecule has 1 aromatic carbocycles. The van der Waals surface area contributed by atoms with Crippen molar-refractivity contribution >= 4 is 21.7 Å². The van der Waals surface area contributed by atoms with E-state index in [0.29, 0.717) is 12.1 Å². The van der Waals surface area contributed by atoms with Crippen LogP contribution in [0.2, 0.25) is 0 Å². The van der Waals surface area contributed by atoms with Crippen LogP contribution < -0.4 is 0 Å². The van der Waals surface area contributed by atoms with E-state index in [4.69, 9.17) is 4.74 Å². The first-order valence-corrected chi connectivity index (χ1v) is 12.0. The van der Waals surface area contributed by atoms with E-state index in [2.05, 4.69) is 10.2 Å². The number of aromatic amines is 1. The lowest BCUT2D eigenvalue weighted by Gasteiger charge is -2.33. The molecule has 1 unspecified atom stereocenters. The van der Waals surface area contributed by atoms with Crippen LogP contribution in [0.3, 0.4) is 0 Å². The van der Waals surface area contributed by atoms with Crippen LogP contribution in [0.15, 0.2) is 36.5 Å². The van der Waals surface area contributed by atoms with Crippen LogP contribution in [-0.2, 0) is 19.4 Å². The standard InChI is InChI=1S/C21H25N3O5S/c25-19(24(16-8-4-5-9-16)17-10-11-30(27,28)14-17)13-29-21(26)18-12-22-23-20(18)15-6-2-1-3-7-15/h1-3,6-7,12,16-17H,4-5,8-11,13-14H2,(H,22,23). The van der Waals surface area contributed by atoms with E-state index in [-0.39, 0.29) is 35.1 Å². The molecule has 0 spiro atoms. The molecule has 1 aliphatic heterocycles. The summed E-state index contributed by atoms with van der Waals surface area (Å²) in [5, 5.41) is 6.73. The van der Waals surface area contributed by atoms with E-state index in [9.17, 15) is 18.0 Å². The highest BCUT2D eigenvalue weighted by Gasteiger charge is 2.39. The molecular formula is C21H25N3O5S. The second-order valence-corrected chi connectivity index (χ2v) is 10.1. The van der Waals surface area contributed by atoms with Crippen molar-refractivity contribution in [3.8, 4) is 11.3 Å². The van der Waals surface area contributed by atoms with Crippen LogP contribution >= 0.6 is 0 Å². The van der Waals surface area contributed by atoms with Crippen molar-refractivity contribution in [1.29, 1.82) is 0 Å². The maximum atomic E-state index is 13.0. The van der Waals surface area contributed by atoms with Crippen molar-refractivity contribution in [2.24, 2.45) is 0 Å². The average Bonchev–Trinajstić information content (AvgIpc) is 3.48. The Morgan fingerprint density at radius 1 is 1.10 bits per heavy atom. The smallest absolute Gasteiger partial charge is 0.342 e. The Balaban J connectivity index is 1.45. The molecule has 4 rings (SSSR count). The first-order chi connectivity index (χ1) is 14.4. The minimum Gasteiger partial charge on any atom is -0.452 e. The maximum Gasteiger partial charge on any atom is 0.342 e. The summed E-state index contributed by atoms with van der Waals surface area (Å²) < 4.78 is 29.2. The van der Waals surface area contributed by atoms with Gasteiger partial charge >= 0.3 is 5.97 Å². The number of H-pyrrole nitrogens is 1. The van der Waals surface area contributed by atoms with Gasteiger partial charge < -0.3 is 9.64 Å². The Labute approximate surface area is 175 Å². The molecule has 160 valence electrons. The predicted octanol–water partition coefficient (Wildman–Crippen LogP) is 2.19. The molecule has 0 bridgehead atoms. The molecule has 0 radical (unpaired) electrons. The number of aromatic nitrogens is 2. The lowest BCUT2D eigenvalue weighted by Crippen LogP contribution is -2.48. The van der Waals surface area contributed by atoms with Gasteiger partial charge in [0, 0.05) is 17.6 Å². The van der Waals surface area contributed by atoms with E-state index < -0.39 is 22.4 Å². The monoisotopic (exact) mass is 431 g/mol. The highest BCUT2D eigenvalue weighted by Crippen LogP contribution is 2.29. The number of carbonyl (C=O) groups is 2. The topological polar surface area (TPSA) is 109 Å². The molecule has 2 aliphatic rings. The zero-order valence-corrected chi connectivity index (χ0v) is 17.4. The van der Waals surface area contributed by atoms with Gasteiger partial charge in [0.2, 0.25) is 0 Å². The number of nitrogens with one attached hydrogen (secondary N) is 1. The van der Waals surface area contributed by atoms with Crippen LogP contribution in [-0.4, -0.2) is 65.6 Å². The van der Waals surface area contributed by atoms with Gasteiger partial charge in [-0.2, -0.15) is 5.10 Å². The molecule has 2 heterocycles. The highest BCUT2D eigenvalue weighted by molar-refractivity contribution is 7.91. The summed E-state index contributed by atoms with van der Waals surface area (Å²) in [4.78, 5) is 27.3. The van der Waals surface area contributed by atoms with E-state index in [1.54, 1.807) is 4.90 Å². The van der Waals surface area contributed by atoms with E-state index >= 15 is 0 Å². The Hall–Kier alpha value is -2.68. The summed E-state index contributed by atoms with van der Waals surface area (Å²) in [5.74, 6) is -0.879. The molecule has 1 saturated heterocycles. The van der Waals surface area contributed by atoms with Gasteiger partial charge in [0.05, 0.1) is 23.4 Å². The SMILES string of the molecule is O=C(OCC(=O)N(C1CCCC1)C1CCS(=O)(=O)C1)c1cn[nH]c1-c1ccccc1. The number of sulfone groups is 1. The number of hydrogen-bond donors (Lipinski definition) is 1. The van der Waals surface area contributed by atoms with Crippen molar-refractivity contribution in [3.63, 3.8) is 0 Å². The van der Waals surface area contributed by atoms with E-state index in [1.807, 2.05) is 30.3 Å². The molecule has 1 N–H and O–H groups in total. The maximum absolute atomic E-state index is 13.0. The summed E-state index contributed by atoms with van der Waals surface area (Å²) in [6.45, 7) is -0.411. The number of amides is 1. The first-order valence-electron chi connectivity index (χ1n) is 10.2. The lowest BCUT2D eigenvalue weighted by molar-refractivity contribution is -0.139. The molecule has 9 heteroatoms. The fourth-order valence-electron chi connectivity index (χ4n) is 4.43. The van der Waals surface area contributed by atoms with Crippen molar-refractivity contribution in [2.45, 2.75) is 44.2 Å². The molecule has 1 aromatic heterocycles. The molecule has 2 aromatic rings. The number of hydrogen-bond acceptors (Lipinski definition) is 6. The van der Waals surface area contributed by atoms with Crippen LogP contribution in [0, 0.1) is 0 Å². The third-order valence-corrected chi connectivity index (χ3v) is 7.61. The molecular weight excluding hydrogens is 406 g/mol. The number of carbonyl (C=O) groups excluding carboxylic acids is 2. The molecule has 2 fully saturated rings. The number of nitrogens with zero attached hydrogens (tertiary/aromatic N) is 2. The third-order valence-electron chi connectivity index (χ3n) is 5.86. The number of rotatable bonds is 6. The minimum absolute atomic E-state index is 0.0108. The zero-order valence-electron chi connectivity index (χ0n) is 16.6. The molecule has 1 saturated carbocycles. The first kappa shape index (κ1) is 20.6. The quantitative estimate of drug-likeness (QED) is 0.702. The van der Waals surface area contributed by atoms with Gasteiger partial charge in [0.25, 0.3) is 5.91 Å². The molecule has 1 amide bonds. The minimum atomic E-state index is -3.12. The summed E-state index contributed by atoms with van der Waals surface area (Å²) in [6.07, 6.45) is 5.57. The van der Waals surface area contributed by atoms with Crippen LogP contribution in [0.1, 0.15) is 42.5 Å². The van der Waals surface area contributed by atoms with Gasteiger partial charge in [-0.1, -0.05) is 43.2 Å². The Morgan fingerprint density at radius 3 is 2.50 bits per heavy atom. The molecule has 8 nitrogen and oxygen atoms in total. The average molecular weight is 432 g/mol. The van der Waals surface area contributed by atoms with Gasteiger partial charge in [-0.25, -0.2) is 13.2 Å². The Morgan fingerprint density at radius 2 is 1.83 bits per heavy atom. The van der Waals surface area contributed by atoms with Gasteiger partial charge in [-0.3, -0.25) is 9.89 Å². The summed E-state index contributed by atoms with van der Waals surface area (Å²) >= 11 is 0. The second kappa shape index (κ2) is 8.59. The number of esters is 1. The van der Waals surface area contributed by atoms with E-state index in [1.165, 1.54) is 6.20 Å². The lowest BCUT2D eigenvalue weighted by atomic mass is 10.1. The molecule has 1 aliphatic carbocycles. The second-order valence-electron chi connectivity index (χ2n) is 7.90. The summed E-state index contributed by atoms with van der Waals surface area (Å²) in [5.41, 5.74) is 1.57. The molecule has 30 heavy (non-hydrogen) atoms. The van der Waals surface area contributed by atoms with Gasteiger partial charge in [0.1, 0.15) is 5.56 Å². The fourth-order valence-corrected chi connectivity index (χ4v) is 6.14. The predicted molar refractivity (Wildman–Crippen MR) is 110 cm³/mol. The van der Waals surface area contributed by atoms with Crippen LogP contribution in [0.4, 0.5) is 0 Å². The zero-order chi connectivity index (χ0) is 21.1. The molecule has 1 atom stereocenters. The van der Waals surface area contributed by atoms with Crippen molar-refractivity contribution in [2.75, 3.05) is 18.1 Å². The highest BCUT2D eigenvalue weighted by atomic mass is 32.2. The Bertz CT molecular complexity index is 1010. The van der Waals surface area contributed by atoms with Gasteiger partial charge in [-0.15, -0.1) is 0 Å². The fraction of sp³-hybridized carbons (Fsp3) is 0.476. The van der Waals surface area contributed by atoms with Crippen molar-refractivity contribution in [1.82, 2.24) is 15.1 Å². The van der Waals surface area contributed by atoms with Crippen LogP contribution in [0.25, 0.3) is 11.3 Å². The summed E-state index contributed by atoms with van der Waals surface area (Å²) in [6, 6.07) is 8.95. The van der Waals surface area contributed by atoms with Crippen molar-refractivity contribution < 1.29 is 22.7 Å². The van der Waals surface area contributed by atoms with Gasteiger partial charge in [0.15, 0.2) is 16.4 Å². The van der Waals surface area contributed by atoms with Crippen molar-refractivity contribution in [3.05, 3.63) is 42.1 Å². The van der Waals surface area contributed by atoms with Gasteiger partial charge in [-0.05, 0) is 19.3 Å². The normalized spacial score (nSPS) is 20.9. The van der Waals surface area contributed by atoms with Crippen LogP contribution in [0.5, 0.6) is 0 Å². The summed E-state index contributed by atoms with van der Waals surface area (Å²) in [7, 11) is -3.12. The number of ether oxygens (including phenoxy) is 1. The third kappa shape index (κ3) is 4.40. The largest absolute Gasteiger partial charge is 0.452 e. The van der Waals surface area contributed by atoms with E-state index in [0.717, 1.165) is 31.2 Å².